The van der Waals surface area contributed by atoms with Gasteiger partial charge in [0.05, 0.1) is 5.76 Å². The van der Waals surface area contributed by atoms with Crippen LogP contribution >= 0.6 is 11.3 Å². The Balaban J connectivity index is 0.000000373. The van der Waals surface area contributed by atoms with Crippen molar-refractivity contribution in [1.29, 1.82) is 0 Å². The first-order valence-electron chi connectivity index (χ1n) is 9.65. The SMILES string of the molecule is CC(=O)/C=C(/C)O.Cc1cc(C)cc(-c2cc3cnc(-c4[c-]cccc4)cc3s2)c1.[Ir]. The molecule has 2 aromatic carbocycles. The number of hydrogen-bond acceptors (Lipinski definition) is 4. The summed E-state index contributed by atoms with van der Waals surface area (Å²) < 4.78 is 1.27. The summed E-state index contributed by atoms with van der Waals surface area (Å²) in [6.45, 7) is 7.14. The second kappa shape index (κ2) is 11.1. The molecule has 1 radical (unpaired) electrons. The standard InChI is InChI=1S/C21H16NS.C5H8O2.Ir/c1-14-8-15(2)10-17(9-14)20-11-18-13-22-19(12-21(18)23-20)16-6-4-3-5-7-16;1-4(6)3-5(2)7;/h3-6,8-13H,1-2H3;3,6H,1-2H3;/q-1;;/b;4-3-;. The summed E-state index contributed by atoms with van der Waals surface area (Å²) in [5.74, 6) is -0.0625. The Morgan fingerprint density at radius 2 is 1.77 bits per heavy atom. The molecule has 0 unspecified atom stereocenters. The minimum absolute atomic E-state index is 0. The normalized spacial score (nSPS) is 10.8. The largest absolute Gasteiger partial charge is 0.512 e. The third-order valence-corrected chi connectivity index (χ3v) is 5.45. The maximum absolute atomic E-state index is 10.0. The molecule has 0 spiro atoms. The summed E-state index contributed by atoms with van der Waals surface area (Å²) >= 11 is 1.82. The summed E-state index contributed by atoms with van der Waals surface area (Å²) in [6, 6.07) is 22.3. The molecule has 2 heterocycles. The second-order valence-corrected chi connectivity index (χ2v) is 8.35. The van der Waals surface area contributed by atoms with Crippen LogP contribution in [0.25, 0.3) is 31.8 Å². The number of aliphatic hydroxyl groups is 1. The summed E-state index contributed by atoms with van der Waals surface area (Å²) in [5.41, 5.74) is 5.91. The summed E-state index contributed by atoms with van der Waals surface area (Å²) in [4.78, 5) is 15.9. The molecule has 0 atom stereocenters. The van der Waals surface area contributed by atoms with Crippen molar-refractivity contribution in [2.45, 2.75) is 27.7 Å². The van der Waals surface area contributed by atoms with Crippen LogP contribution in [-0.4, -0.2) is 15.9 Å². The molecule has 0 saturated heterocycles. The number of benzene rings is 2. The van der Waals surface area contributed by atoms with E-state index in [0.29, 0.717) is 0 Å². The fraction of sp³-hybridized carbons (Fsp3) is 0.154. The van der Waals surface area contributed by atoms with Crippen molar-refractivity contribution in [2.24, 2.45) is 0 Å². The van der Waals surface area contributed by atoms with Crippen molar-refractivity contribution in [3.8, 4) is 21.7 Å². The molecule has 0 fully saturated rings. The molecule has 0 saturated carbocycles. The van der Waals surface area contributed by atoms with Crippen molar-refractivity contribution in [3.05, 3.63) is 89.8 Å². The third-order valence-electron chi connectivity index (χ3n) is 4.30. The maximum Gasteiger partial charge on any atom is 0.155 e. The van der Waals surface area contributed by atoms with Gasteiger partial charge in [0.25, 0.3) is 0 Å². The third kappa shape index (κ3) is 6.96. The fourth-order valence-electron chi connectivity index (χ4n) is 3.19. The molecular weight excluding hydrogens is 583 g/mol. The molecule has 0 amide bonds. The topological polar surface area (TPSA) is 50.2 Å². The predicted octanol–water partition coefficient (Wildman–Crippen LogP) is 7.08. The smallest absolute Gasteiger partial charge is 0.155 e. The van der Waals surface area contributed by atoms with Crippen molar-refractivity contribution in [2.75, 3.05) is 0 Å². The van der Waals surface area contributed by atoms with E-state index in [0.717, 1.165) is 11.3 Å². The number of pyridine rings is 1. The van der Waals surface area contributed by atoms with E-state index in [1.54, 1.807) is 0 Å². The van der Waals surface area contributed by atoms with Gasteiger partial charge in [0.1, 0.15) is 0 Å². The van der Waals surface area contributed by atoms with Gasteiger partial charge in [0.2, 0.25) is 0 Å². The number of aryl methyl sites for hydroxylation is 2. The zero-order valence-corrected chi connectivity index (χ0v) is 21.1. The van der Waals surface area contributed by atoms with Crippen LogP contribution in [0.1, 0.15) is 25.0 Å². The van der Waals surface area contributed by atoms with Crippen LogP contribution < -0.4 is 0 Å². The Hall–Kier alpha value is -2.59. The Labute approximate surface area is 200 Å². The van der Waals surface area contributed by atoms with Gasteiger partial charge in [-0.2, -0.15) is 0 Å². The average Bonchev–Trinajstić information content (AvgIpc) is 3.11. The van der Waals surface area contributed by atoms with Crippen LogP contribution in [0.3, 0.4) is 0 Å². The van der Waals surface area contributed by atoms with Gasteiger partial charge < -0.3 is 10.1 Å². The minimum atomic E-state index is -0.125. The van der Waals surface area contributed by atoms with Gasteiger partial charge in [0.15, 0.2) is 5.78 Å². The first kappa shape index (κ1) is 24.7. The van der Waals surface area contributed by atoms with E-state index in [1.165, 1.54) is 51.6 Å². The van der Waals surface area contributed by atoms with Crippen LogP contribution in [-0.2, 0) is 24.9 Å². The molecule has 3 nitrogen and oxygen atoms in total. The van der Waals surface area contributed by atoms with E-state index >= 15 is 0 Å². The van der Waals surface area contributed by atoms with Crippen molar-refractivity contribution >= 4 is 27.2 Å². The molecule has 0 aliphatic carbocycles. The molecule has 0 aliphatic rings. The number of rotatable bonds is 3. The molecular formula is C26H24IrNO2S-. The number of allylic oxidation sites excluding steroid dienone is 2. The number of fused-ring (bicyclic) bond motifs is 1. The Morgan fingerprint density at radius 3 is 2.32 bits per heavy atom. The molecule has 0 aliphatic heterocycles. The average molecular weight is 607 g/mol. The van der Waals surface area contributed by atoms with Gasteiger partial charge in [-0.3, -0.25) is 4.79 Å². The van der Waals surface area contributed by atoms with Gasteiger partial charge in [-0.05, 0) is 45.0 Å². The van der Waals surface area contributed by atoms with Crippen LogP contribution in [0.4, 0.5) is 0 Å². The van der Waals surface area contributed by atoms with Crippen LogP contribution in [0.5, 0.6) is 0 Å². The van der Waals surface area contributed by atoms with Gasteiger partial charge >= 0.3 is 0 Å². The fourth-order valence-corrected chi connectivity index (χ4v) is 4.25. The minimum Gasteiger partial charge on any atom is -0.512 e. The van der Waals surface area contributed by atoms with Crippen LogP contribution in [0.15, 0.2) is 72.6 Å². The van der Waals surface area contributed by atoms with Crippen LogP contribution in [0, 0.1) is 19.9 Å². The number of hydrogen-bond donors (Lipinski definition) is 1. The van der Waals surface area contributed by atoms with E-state index in [1.807, 2.05) is 41.8 Å². The number of nitrogens with zero attached hydrogens (tertiary/aromatic N) is 1. The molecule has 5 heteroatoms. The first-order valence-corrected chi connectivity index (χ1v) is 10.5. The van der Waals surface area contributed by atoms with E-state index in [-0.39, 0.29) is 31.6 Å². The van der Waals surface area contributed by atoms with Gasteiger partial charge in [-0.1, -0.05) is 35.4 Å². The van der Waals surface area contributed by atoms with Gasteiger partial charge in [-0.25, -0.2) is 0 Å². The van der Waals surface area contributed by atoms with Crippen molar-refractivity contribution in [3.63, 3.8) is 0 Å². The first-order chi connectivity index (χ1) is 14.3. The summed E-state index contributed by atoms with van der Waals surface area (Å²) in [5, 5.41) is 9.56. The zero-order chi connectivity index (χ0) is 21.7. The number of aromatic nitrogens is 1. The quantitative estimate of drug-likeness (QED) is 0.154. The van der Waals surface area contributed by atoms with Gasteiger partial charge in [-0.15, -0.1) is 47.2 Å². The molecule has 1 N–H and O–H groups in total. The Morgan fingerprint density at radius 1 is 1.06 bits per heavy atom. The van der Waals surface area contributed by atoms with Crippen LogP contribution in [0.2, 0.25) is 0 Å². The summed E-state index contributed by atoms with van der Waals surface area (Å²) in [6.07, 6.45) is 3.13. The summed E-state index contributed by atoms with van der Waals surface area (Å²) in [7, 11) is 0. The van der Waals surface area contributed by atoms with E-state index in [2.05, 4.69) is 55.2 Å². The number of carbonyl (C=O) groups is 1. The number of thiophene rings is 1. The molecule has 4 aromatic rings. The zero-order valence-electron chi connectivity index (χ0n) is 17.9. The molecule has 2 aromatic heterocycles. The second-order valence-electron chi connectivity index (χ2n) is 7.27. The predicted molar refractivity (Wildman–Crippen MR) is 126 cm³/mol. The van der Waals surface area contributed by atoms with Gasteiger partial charge in [0, 0.05) is 47.3 Å². The van der Waals surface area contributed by atoms with E-state index < -0.39 is 0 Å². The van der Waals surface area contributed by atoms with Crippen molar-refractivity contribution < 1.29 is 30.0 Å². The molecule has 4 rings (SSSR count). The van der Waals surface area contributed by atoms with Crippen molar-refractivity contribution in [1.82, 2.24) is 4.98 Å². The Bertz CT molecular complexity index is 1190. The number of carbonyl (C=O) groups excluding carboxylic acids is 1. The molecule has 161 valence electrons. The molecule has 31 heavy (non-hydrogen) atoms. The Kier molecular flexibility index (Phi) is 8.87. The maximum atomic E-state index is 10.0. The van der Waals surface area contributed by atoms with E-state index in [9.17, 15) is 4.79 Å². The van der Waals surface area contributed by atoms with E-state index in [4.69, 9.17) is 5.11 Å². The monoisotopic (exact) mass is 607 g/mol. The number of aliphatic hydroxyl groups excluding tert-OH is 1. The number of ketones is 1. The molecule has 0 bridgehead atoms.